The topological polar surface area (TPSA) is 43.1 Å². The molecule has 0 amide bonds. The molecule has 0 aromatic heterocycles. The van der Waals surface area contributed by atoms with Crippen LogP contribution in [-0.2, 0) is 11.5 Å². The van der Waals surface area contributed by atoms with Gasteiger partial charge in [0.15, 0.2) is 0 Å². The minimum atomic E-state index is -4.75. The van der Waals surface area contributed by atoms with Crippen molar-refractivity contribution in [3.8, 4) is 0 Å². The summed E-state index contributed by atoms with van der Waals surface area (Å²) in [6, 6.07) is 2.06. The summed E-state index contributed by atoms with van der Waals surface area (Å²) in [5.74, 6) is 0. The molecule has 0 aliphatic rings. The molecule has 16 heavy (non-hydrogen) atoms. The van der Waals surface area contributed by atoms with E-state index in [1.807, 2.05) is 0 Å². The Morgan fingerprint density at radius 1 is 1.38 bits per heavy atom. The molecule has 3 nitrogen and oxygen atoms in total. The van der Waals surface area contributed by atoms with Gasteiger partial charge in [0.1, 0.15) is 5.56 Å². The summed E-state index contributed by atoms with van der Waals surface area (Å²) in [7, 11) is 0. The minimum absolute atomic E-state index is 0.121. The SMILES string of the molecule is O=[N+]([O-])c1ccc(Br)c(CBr)c1C(F)(F)F. The Kier molecular flexibility index (Phi) is 3.95. The first kappa shape index (κ1) is 13.4. The second-order valence-electron chi connectivity index (χ2n) is 2.81. The van der Waals surface area contributed by atoms with Crippen LogP contribution in [0, 0.1) is 10.1 Å². The number of rotatable bonds is 2. The van der Waals surface area contributed by atoms with Crippen LogP contribution in [0.4, 0.5) is 18.9 Å². The molecule has 0 saturated carbocycles. The van der Waals surface area contributed by atoms with Gasteiger partial charge >= 0.3 is 6.18 Å². The quantitative estimate of drug-likeness (QED) is 0.448. The zero-order valence-corrected chi connectivity index (χ0v) is 10.7. The van der Waals surface area contributed by atoms with Gasteiger partial charge < -0.3 is 0 Å². The van der Waals surface area contributed by atoms with E-state index in [2.05, 4.69) is 31.9 Å². The van der Waals surface area contributed by atoms with Crippen molar-refractivity contribution in [2.75, 3.05) is 0 Å². The van der Waals surface area contributed by atoms with Crippen LogP contribution in [0.25, 0.3) is 0 Å². The molecule has 1 aromatic rings. The Hall–Kier alpha value is -0.630. The highest BCUT2D eigenvalue weighted by Gasteiger charge is 2.41. The molecule has 88 valence electrons. The molecule has 0 fully saturated rings. The zero-order valence-electron chi connectivity index (χ0n) is 7.52. The van der Waals surface area contributed by atoms with Crippen LogP contribution in [0.5, 0.6) is 0 Å². The Morgan fingerprint density at radius 2 is 1.94 bits per heavy atom. The van der Waals surface area contributed by atoms with E-state index in [4.69, 9.17) is 0 Å². The maximum Gasteiger partial charge on any atom is 0.423 e. The first-order chi connectivity index (χ1) is 7.29. The summed E-state index contributed by atoms with van der Waals surface area (Å²) in [5.41, 5.74) is -2.34. The average molecular weight is 363 g/mol. The van der Waals surface area contributed by atoms with Crippen LogP contribution in [0.3, 0.4) is 0 Å². The van der Waals surface area contributed by atoms with E-state index in [9.17, 15) is 23.3 Å². The summed E-state index contributed by atoms with van der Waals surface area (Å²) >= 11 is 5.81. The largest absolute Gasteiger partial charge is 0.423 e. The van der Waals surface area contributed by atoms with Crippen LogP contribution in [0.15, 0.2) is 16.6 Å². The van der Waals surface area contributed by atoms with E-state index in [1.54, 1.807) is 0 Å². The van der Waals surface area contributed by atoms with E-state index in [0.717, 1.165) is 6.07 Å². The molecule has 0 aliphatic carbocycles. The second-order valence-corrected chi connectivity index (χ2v) is 4.22. The maximum atomic E-state index is 12.7. The van der Waals surface area contributed by atoms with Gasteiger partial charge in [0.2, 0.25) is 0 Å². The fraction of sp³-hybridized carbons (Fsp3) is 0.250. The highest BCUT2D eigenvalue weighted by Crippen LogP contribution is 2.41. The molecule has 0 atom stereocenters. The Morgan fingerprint density at radius 3 is 2.31 bits per heavy atom. The molecule has 0 radical (unpaired) electrons. The van der Waals surface area contributed by atoms with Crippen molar-refractivity contribution in [2.45, 2.75) is 11.5 Å². The maximum absolute atomic E-state index is 12.7. The lowest BCUT2D eigenvalue weighted by Crippen LogP contribution is -2.12. The van der Waals surface area contributed by atoms with Crippen molar-refractivity contribution in [1.82, 2.24) is 0 Å². The molecule has 0 N–H and O–H groups in total. The summed E-state index contributed by atoms with van der Waals surface area (Å²) in [4.78, 5) is 9.48. The van der Waals surface area contributed by atoms with Crippen molar-refractivity contribution in [1.29, 1.82) is 0 Å². The lowest BCUT2D eigenvalue weighted by molar-refractivity contribution is -0.388. The third-order valence-electron chi connectivity index (χ3n) is 1.85. The van der Waals surface area contributed by atoms with Crippen LogP contribution in [0.2, 0.25) is 0 Å². The molecular weight excluding hydrogens is 359 g/mol. The van der Waals surface area contributed by atoms with E-state index in [-0.39, 0.29) is 15.4 Å². The van der Waals surface area contributed by atoms with E-state index >= 15 is 0 Å². The summed E-state index contributed by atoms with van der Waals surface area (Å²) in [5, 5.41) is 10.4. The highest BCUT2D eigenvalue weighted by molar-refractivity contribution is 9.10. The van der Waals surface area contributed by atoms with Crippen molar-refractivity contribution in [3.05, 3.63) is 37.8 Å². The van der Waals surface area contributed by atoms with Crippen LogP contribution in [-0.4, -0.2) is 4.92 Å². The molecule has 0 saturated heterocycles. The molecule has 0 unspecified atom stereocenters. The molecule has 8 heteroatoms. The monoisotopic (exact) mass is 361 g/mol. The number of nitro groups is 1. The van der Waals surface area contributed by atoms with Gasteiger partial charge in [-0.3, -0.25) is 10.1 Å². The molecule has 1 aromatic carbocycles. The zero-order chi connectivity index (χ0) is 12.5. The van der Waals surface area contributed by atoms with Gasteiger partial charge in [0.05, 0.1) is 4.92 Å². The molecule has 0 heterocycles. The predicted octanol–water partition coefficient (Wildman–Crippen LogP) is 4.27. The van der Waals surface area contributed by atoms with E-state index < -0.39 is 22.4 Å². The van der Waals surface area contributed by atoms with Crippen molar-refractivity contribution < 1.29 is 18.1 Å². The number of hydrogen-bond acceptors (Lipinski definition) is 2. The highest BCUT2D eigenvalue weighted by atomic mass is 79.9. The molecule has 0 bridgehead atoms. The molecule has 1 rings (SSSR count). The Labute approximate surface area is 105 Å². The normalized spacial score (nSPS) is 11.6. The Balaban J connectivity index is 3.61. The Bertz CT molecular complexity index is 434. The first-order valence-corrected chi connectivity index (χ1v) is 5.79. The predicted molar refractivity (Wildman–Crippen MR) is 58.4 cm³/mol. The van der Waals surface area contributed by atoms with Crippen molar-refractivity contribution in [2.24, 2.45) is 0 Å². The summed E-state index contributed by atoms with van der Waals surface area (Å²) in [6.45, 7) is 0. The molecule has 0 aliphatic heterocycles. The van der Waals surface area contributed by atoms with Crippen LogP contribution >= 0.6 is 31.9 Å². The molecular formula is C8H4Br2F3NO2. The van der Waals surface area contributed by atoms with E-state index in [1.165, 1.54) is 6.07 Å². The standard InChI is InChI=1S/C8H4Br2F3NO2/c9-3-4-5(10)1-2-6(14(15)16)7(4)8(11,12)13/h1-2H,3H2. The van der Waals surface area contributed by atoms with Gasteiger partial charge in [-0.1, -0.05) is 31.9 Å². The van der Waals surface area contributed by atoms with E-state index in [0.29, 0.717) is 0 Å². The third kappa shape index (κ3) is 2.54. The summed E-state index contributed by atoms with van der Waals surface area (Å²) in [6.07, 6.45) is -4.75. The third-order valence-corrected chi connectivity index (χ3v) is 3.15. The van der Waals surface area contributed by atoms with Gasteiger partial charge in [-0.15, -0.1) is 0 Å². The van der Waals surface area contributed by atoms with Gasteiger partial charge in [-0.05, 0) is 11.6 Å². The van der Waals surface area contributed by atoms with Gasteiger partial charge in [0, 0.05) is 15.9 Å². The minimum Gasteiger partial charge on any atom is -0.258 e. The fourth-order valence-corrected chi connectivity index (χ4v) is 2.64. The van der Waals surface area contributed by atoms with Crippen LogP contribution < -0.4 is 0 Å². The van der Waals surface area contributed by atoms with Crippen LogP contribution in [0.1, 0.15) is 11.1 Å². The number of nitro benzene ring substituents is 1. The van der Waals surface area contributed by atoms with Crippen molar-refractivity contribution in [3.63, 3.8) is 0 Å². The van der Waals surface area contributed by atoms with Gasteiger partial charge in [0.25, 0.3) is 5.69 Å². The number of benzene rings is 1. The number of alkyl halides is 4. The summed E-state index contributed by atoms with van der Waals surface area (Å²) < 4.78 is 38.3. The van der Waals surface area contributed by atoms with Gasteiger partial charge in [-0.2, -0.15) is 13.2 Å². The second kappa shape index (κ2) is 4.70. The number of halogens is 5. The fourth-order valence-electron chi connectivity index (χ4n) is 1.21. The lowest BCUT2D eigenvalue weighted by Gasteiger charge is -2.12. The number of nitrogens with zero attached hydrogens (tertiary/aromatic N) is 1. The smallest absolute Gasteiger partial charge is 0.258 e. The lowest BCUT2D eigenvalue weighted by atomic mass is 10.1. The van der Waals surface area contributed by atoms with Crippen molar-refractivity contribution >= 4 is 37.5 Å². The first-order valence-electron chi connectivity index (χ1n) is 3.88. The number of hydrogen-bond donors (Lipinski definition) is 0. The average Bonchev–Trinajstić information content (AvgIpc) is 2.15. The van der Waals surface area contributed by atoms with Gasteiger partial charge in [-0.25, -0.2) is 0 Å². The molecule has 0 spiro atoms.